The lowest BCUT2D eigenvalue weighted by atomic mass is 10.1. The molecule has 0 radical (unpaired) electrons. The molecule has 10 nitrogen and oxygen atoms in total. The summed E-state index contributed by atoms with van der Waals surface area (Å²) in [6, 6.07) is 12.5. The predicted octanol–water partition coefficient (Wildman–Crippen LogP) is 1.86. The molecule has 8 bridgehead atoms. The van der Waals surface area contributed by atoms with E-state index in [0.717, 1.165) is 61.8 Å². The number of anilines is 3. The van der Waals surface area contributed by atoms with Gasteiger partial charge in [-0.2, -0.15) is 0 Å². The second-order valence-electron chi connectivity index (χ2n) is 10.4. The van der Waals surface area contributed by atoms with Crippen LogP contribution < -0.4 is 15.5 Å². The van der Waals surface area contributed by atoms with E-state index in [0.29, 0.717) is 32.0 Å². The summed E-state index contributed by atoms with van der Waals surface area (Å²) in [5.41, 5.74) is 4.10. The fourth-order valence-corrected chi connectivity index (χ4v) is 5.60. The molecule has 6 aliphatic rings. The normalized spacial score (nSPS) is 25.9. The van der Waals surface area contributed by atoms with E-state index in [2.05, 4.69) is 64.6 Å². The average molecular weight is 515 g/mol. The summed E-state index contributed by atoms with van der Waals surface area (Å²) < 4.78 is 0. The molecule has 2 fully saturated rings. The van der Waals surface area contributed by atoms with E-state index in [1.165, 1.54) is 5.56 Å². The van der Waals surface area contributed by atoms with Gasteiger partial charge in [0, 0.05) is 81.7 Å². The van der Waals surface area contributed by atoms with Crippen molar-refractivity contribution in [3.8, 4) is 11.1 Å². The molecule has 0 saturated carbocycles. The van der Waals surface area contributed by atoms with Crippen molar-refractivity contribution >= 4 is 23.4 Å². The van der Waals surface area contributed by atoms with E-state index >= 15 is 0 Å². The van der Waals surface area contributed by atoms with Gasteiger partial charge in [-0.1, -0.05) is 12.1 Å². The van der Waals surface area contributed by atoms with Gasteiger partial charge in [0.15, 0.2) is 0 Å². The number of nitrogens with one attached hydrogen (secondary N) is 2. The van der Waals surface area contributed by atoms with Gasteiger partial charge in [0.05, 0.1) is 12.6 Å². The molecule has 3 N–H and O–H groups in total. The molecule has 3 aromatic rings. The first-order chi connectivity index (χ1) is 18.6. The Morgan fingerprint density at radius 2 is 1.71 bits per heavy atom. The summed E-state index contributed by atoms with van der Waals surface area (Å²) in [6.07, 6.45) is 6.38. The summed E-state index contributed by atoms with van der Waals surface area (Å²) in [6.45, 7) is 5.95. The molecule has 10 heteroatoms. The van der Waals surface area contributed by atoms with E-state index in [1.807, 2.05) is 24.5 Å². The number of rotatable bonds is 0. The fourth-order valence-electron chi connectivity index (χ4n) is 5.60. The Morgan fingerprint density at radius 3 is 2.53 bits per heavy atom. The second-order valence-corrected chi connectivity index (χ2v) is 10.4. The molecule has 198 valence electrons. The van der Waals surface area contributed by atoms with E-state index in [4.69, 9.17) is 0 Å². The van der Waals surface area contributed by atoms with Crippen LogP contribution in [0.1, 0.15) is 18.4 Å². The molecular weight excluding hydrogens is 480 g/mol. The van der Waals surface area contributed by atoms with Crippen molar-refractivity contribution in [2.24, 2.45) is 0 Å². The van der Waals surface area contributed by atoms with E-state index in [1.54, 1.807) is 6.20 Å². The topological polar surface area (TPSA) is 110 Å². The van der Waals surface area contributed by atoms with Crippen LogP contribution in [0, 0.1) is 0 Å². The molecule has 2 saturated heterocycles. The van der Waals surface area contributed by atoms with Gasteiger partial charge in [0.1, 0.15) is 5.82 Å². The number of aliphatic hydroxyl groups excluding tert-OH is 1. The first kappa shape index (κ1) is 24.7. The maximum Gasteiger partial charge on any atom is 0.234 e. The molecule has 2 aromatic heterocycles. The number of aliphatic hydroxyl groups is 1. The largest absolute Gasteiger partial charge is 0.391 e. The van der Waals surface area contributed by atoms with Gasteiger partial charge in [-0.05, 0) is 48.2 Å². The Kier molecular flexibility index (Phi) is 7.17. The number of carbonyl (C=O) groups excluding carboxylic acids is 1. The Morgan fingerprint density at radius 1 is 0.921 bits per heavy atom. The molecular formula is C28H34N8O2. The van der Waals surface area contributed by atoms with Crippen LogP contribution >= 0.6 is 0 Å². The molecule has 1 aromatic carbocycles. The maximum atomic E-state index is 12.6. The minimum Gasteiger partial charge on any atom is -0.391 e. The number of amides is 1. The SMILES string of the molecule is O=C1CN2CCN(CC2)Cc2cccc(c2)Nc2cc(ccn2)-c2cnc(nc2)N2CC(O)CC2CCN1. The van der Waals surface area contributed by atoms with E-state index < -0.39 is 6.10 Å². The van der Waals surface area contributed by atoms with Crippen LogP contribution in [0.5, 0.6) is 0 Å². The predicted molar refractivity (Wildman–Crippen MR) is 146 cm³/mol. The number of carbonyl (C=O) groups is 1. The van der Waals surface area contributed by atoms with Crippen LogP contribution in [0.2, 0.25) is 0 Å². The number of piperazine rings is 1. The van der Waals surface area contributed by atoms with Crippen LogP contribution in [0.3, 0.4) is 0 Å². The zero-order chi connectivity index (χ0) is 25.9. The lowest BCUT2D eigenvalue weighted by Crippen LogP contribution is -2.49. The maximum absolute atomic E-state index is 12.6. The van der Waals surface area contributed by atoms with Crippen molar-refractivity contribution in [1.82, 2.24) is 30.1 Å². The minimum absolute atomic E-state index is 0.0525. The lowest BCUT2D eigenvalue weighted by molar-refractivity contribution is -0.122. The van der Waals surface area contributed by atoms with Crippen LogP contribution in [0.15, 0.2) is 55.0 Å². The van der Waals surface area contributed by atoms with E-state index in [9.17, 15) is 9.90 Å². The number of aromatic nitrogens is 3. The van der Waals surface area contributed by atoms with Crippen LogP contribution in [0.25, 0.3) is 11.1 Å². The van der Waals surface area contributed by atoms with Gasteiger partial charge in [-0.25, -0.2) is 15.0 Å². The number of hydrogen-bond acceptors (Lipinski definition) is 9. The van der Waals surface area contributed by atoms with Gasteiger partial charge in [-0.15, -0.1) is 0 Å². The number of hydrogen-bond donors (Lipinski definition) is 3. The van der Waals surface area contributed by atoms with Crippen molar-refractivity contribution in [2.75, 3.05) is 56.0 Å². The molecule has 0 aliphatic carbocycles. The van der Waals surface area contributed by atoms with Crippen molar-refractivity contribution in [3.05, 3.63) is 60.6 Å². The van der Waals surface area contributed by atoms with Gasteiger partial charge in [0.2, 0.25) is 11.9 Å². The number of nitrogens with zero attached hydrogens (tertiary/aromatic N) is 6. The quantitative estimate of drug-likeness (QED) is 0.414. The van der Waals surface area contributed by atoms with Crippen molar-refractivity contribution < 1.29 is 9.90 Å². The molecule has 6 aliphatic heterocycles. The molecule has 0 spiro atoms. The van der Waals surface area contributed by atoms with E-state index in [-0.39, 0.29) is 11.9 Å². The Bertz CT molecular complexity index is 1260. The first-order valence-electron chi connectivity index (χ1n) is 13.4. The van der Waals surface area contributed by atoms with Gasteiger partial charge in [-0.3, -0.25) is 14.6 Å². The summed E-state index contributed by atoms with van der Waals surface area (Å²) in [5.74, 6) is 1.41. The molecule has 8 heterocycles. The zero-order valence-electron chi connectivity index (χ0n) is 21.5. The summed E-state index contributed by atoms with van der Waals surface area (Å²) >= 11 is 0. The Labute approximate surface area is 222 Å². The average Bonchev–Trinajstić information content (AvgIpc) is 3.30. The van der Waals surface area contributed by atoms with Crippen molar-refractivity contribution in [3.63, 3.8) is 0 Å². The highest BCUT2D eigenvalue weighted by Crippen LogP contribution is 2.27. The highest BCUT2D eigenvalue weighted by atomic mass is 16.3. The lowest BCUT2D eigenvalue weighted by Gasteiger charge is -2.34. The summed E-state index contributed by atoms with van der Waals surface area (Å²) in [5, 5.41) is 16.9. The third-order valence-electron chi connectivity index (χ3n) is 7.62. The molecule has 1 amide bonds. The number of benzene rings is 1. The van der Waals surface area contributed by atoms with Gasteiger partial charge in [0.25, 0.3) is 0 Å². The smallest absolute Gasteiger partial charge is 0.234 e. The molecule has 2 atom stereocenters. The number of pyridine rings is 1. The second kappa shape index (κ2) is 11.0. The Hall–Kier alpha value is -3.60. The Balaban J connectivity index is 1.27. The zero-order valence-corrected chi connectivity index (χ0v) is 21.5. The van der Waals surface area contributed by atoms with Crippen molar-refractivity contribution in [2.45, 2.75) is 31.5 Å². The fraction of sp³-hybridized carbons (Fsp3) is 0.429. The van der Waals surface area contributed by atoms with Crippen LogP contribution in [-0.4, -0.2) is 93.7 Å². The molecule has 38 heavy (non-hydrogen) atoms. The van der Waals surface area contributed by atoms with Crippen molar-refractivity contribution in [1.29, 1.82) is 0 Å². The highest BCUT2D eigenvalue weighted by Gasteiger charge is 2.32. The first-order valence-corrected chi connectivity index (χ1v) is 13.4. The molecule has 9 rings (SSSR count). The summed E-state index contributed by atoms with van der Waals surface area (Å²) in [7, 11) is 0. The van der Waals surface area contributed by atoms with Gasteiger partial charge >= 0.3 is 0 Å². The van der Waals surface area contributed by atoms with Crippen LogP contribution in [-0.2, 0) is 11.3 Å². The van der Waals surface area contributed by atoms with Crippen LogP contribution in [0.4, 0.5) is 17.5 Å². The summed E-state index contributed by atoms with van der Waals surface area (Å²) in [4.78, 5) is 33.1. The third-order valence-corrected chi connectivity index (χ3v) is 7.62. The minimum atomic E-state index is -0.429. The monoisotopic (exact) mass is 514 g/mol. The standard InChI is InChI=1S/C28H34N8O2/c37-25-14-24-5-7-30-27(38)19-35-10-8-34(9-11-35)17-20-2-1-3-23(12-20)33-26-13-21(4-6-29-26)22-15-31-28(32-16-22)36(24)18-25/h1-4,6,12-13,15-16,24-25,37H,5,7-11,14,17-19H2,(H,29,33)(H,30,38). The highest BCUT2D eigenvalue weighted by molar-refractivity contribution is 5.78. The van der Waals surface area contributed by atoms with Gasteiger partial charge < -0.3 is 20.6 Å². The molecule has 2 unspecified atom stereocenters. The third kappa shape index (κ3) is 5.77.